The fourth-order valence-electron chi connectivity index (χ4n) is 4.66. The molecule has 1 saturated carbocycles. The smallest absolute Gasteiger partial charge is 0.255 e. The summed E-state index contributed by atoms with van der Waals surface area (Å²) in [6.45, 7) is 5.80. The van der Waals surface area contributed by atoms with Gasteiger partial charge in [-0.25, -0.2) is 14.1 Å². The number of nitrogens with zero attached hydrogens (tertiary/aromatic N) is 9. The first-order valence-corrected chi connectivity index (χ1v) is 10.3. The Balaban J connectivity index is 1.38. The molecule has 0 radical (unpaired) electrons. The Hall–Kier alpha value is -3.37. The second-order valence-electron chi connectivity index (χ2n) is 8.55. The van der Waals surface area contributed by atoms with Gasteiger partial charge in [-0.3, -0.25) is 14.3 Å². The van der Waals surface area contributed by atoms with E-state index < -0.39 is 5.82 Å². The lowest BCUT2D eigenvalue weighted by molar-refractivity contribution is 0.507. The number of hydrogen-bond acceptors (Lipinski definition) is 8. The summed E-state index contributed by atoms with van der Waals surface area (Å²) >= 11 is 0. The molecule has 0 N–H and O–H groups in total. The molecular formula is C20H24FN9O. The summed E-state index contributed by atoms with van der Waals surface area (Å²) in [7, 11) is 3.63. The molecule has 0 aromatic carbocycles. The van der Waals surface area contributed by atoms with E-state index >= 15 is 0 Å². The first-order valence-electron chi connectivity index (χ1n) is 10.3. The van der Waals surface area contributed by atoms with Gasteiger partial charge < -0.3 is 9.80 Å². The van der Waals surface area contributed by atoms with Crippen LogP contribution in [-0.4, -0.2) is 60.9 Å². The quantitative estimate of drug-likeness (QED) is 0.600. The van der Waals surface area contributed by atoms with Gasteiger partial charge >= 0.3 is 0 Å². The summed E-state index contributed by atoms with van der Waals surface area (Å²) in [6, 6.07) is 3.34. The topological polar surface area (TPSA) is 97.9 Å². The maximum absolute atomic E-state index is 14.2. The highest BCUT2D eigenvalue weighted by atomic mass is 19.1. The standard InChI is InChI=1S/C20H24FN9O/c1-11(2)30-20(24-25-26-30)29-9-13-14(10-29)18(13)28(4)19-23-16(7-17(31)27(19)3)12-5-6-22-8-15(12)21/h5-8,11,13-14,18H,9-10H2,1-4H3/t13-,14+,18+. The molecule has 4 heterocycles. The van der Waals surface area contributed by atoms with Gasteiger partial charge in [-0.15, -0.1) is 0 Å². The van der Waals surface area contributed by atoms with Crippen LogP contribution < -0.4 is 15.4 Å². The molecule has 1 saturated heterocycles. The van der Waals surface area contributed by atoms with E-state index in [1.54, 1.807) is 7.05 Å². The van der Waals surface area contributed by atoms with E-state index in [1.165, 1.54) is 22.9 Å². The minimum Gasteiger partial charge on any atom is -0.342 e. The third-order valence-electron chi connectivity index (χ3n) is 6.32. The van der Waals surface area contributed by atoms with Gasteiger partial charge in [-0.1, -0.05) is 5.10 Å². The van der Waals surface area contributed by atoms with Crippen molar-refractivity contribution in [3.8, 4) is 11.3 Å². The minimum atomic E-state index is -0.501. The lowest BCUT2D eigenvalue weighted by Gasteiger charge is -2.27. The zero-order chi connectivity index (χ0) is 21.9. The van der Waals surface area contributed by atoms with E-state index in [-0.39, 0.29) is 23.2 Å². The third-order valence-corrected chi connectivity index (χ3v) is 6.32. The maximum Gasteiger partial charge on any atom is 0.255 e. The molecule has 0 amide bonds. The van der Waals surface area contributed by atoms with Crippen LogP contribution in [0.15, 0.2) is 29.3 Å². The molecule has 2 fully saturated rings. The lowest BCUT2D eigenvalue weighted by atomic mass is 10.2. The number of aromatic nitrogens is 7. The second-order valence-corrected chi connectivity index (χ2v) is 8.55. The van der Waals surface area contributed by atoms with Crippen molar-refractivity contribution < 1.29 is 4.39 Å². The van der Waals surface area contributed by atoms with Crippen molar-refractivity contribution in [2.75, 3.05) is 29.9 Å². The molecule has 5 rings (SSSR count). The molecule has 162 valence electrons. The zero-order valence-electron chi connectivity index (χ0n) is 17.8. The van der Waals surface area contributed by atoms with Crippen molar-refractivity contribution in [1.29, 1.82) is 0 Å². The third kappa shape index (κ3) is 3.15. The van der Waals surface area contributed by atoms with Crippen LogP contribution in [-0.2, 0) is 7.05 Å². The van der Waals surface area contributed by atoms with E-state index in [2.05, 4.69) is 44.2 Å². The van der Waals surface area contributed by atoms with Crippen molar-refractivity contribution in [2.24, 2.45) is 18.9 Å². The molecule has 11 heteroatoms. The first kappa shape index (κ1) is 19.6. The number of pyridine rings is 1. The number of tetrazole rings is 1. The number of hydrogen-bond donors (Lipinski definition) is 0. The van der Waals surface area contributed by atoms with Crippen LogP contribution in [0, 0.1) is 17.7 Å². The van der Waals surface area contributed by atoms with Crippen LogP contribution in [0.25, 0.3) is 11.3 Å². The Morgan fingerprint density at radius 3 is 2.68 bits per heavy atom. The second kappa shape index (κ2) is 7.10. The van der Waals surface area contributed by atoms with Crippen molar-refractivity contribution in [2.45, 2.75) is 25.9 Å². The summed E-state index contributed by atoms with van der Waals surface area (Å²) < 4.78 is 17.6. The number of anilines is 2. The van der Waals surface area contributed by atoms with E-state index in [0.29, 0.717) is 23.5 Å². The Labute approximate surface area is 178 Å². The van der Waals surface area contributed by atoms with Gasteiger partial charge in [0.1, 0.15) is 0 Å². The number of piperidine rings is 1. The fourth-order valence-corrected chi connectivity index (χ4v) is 4.66. The monoisotopic (exact) mass is 425 g/mol. The zero-order valence-corrected chi connectivity index (χ0v) is 17.8. The maximum atomic E-state index is 14.2. The van der Waals surface area contributed by atoms with Crippen molar-refractivity contribution in [3.05, 3.63) is 40.7 Å². The van der Waals surface area contributed by atoms with Gasteiger partial charge in [0.05, 0.1) is 17.9 Å². The van der Waals surface area contributed by atoms with E-state index in [9.17, 15) is 9.18 Å². The lowest BCUT2D eigenvalue weighted by Crippen LogP contribution is -2.37. The highest BCUT2D eigenvalue weighted by Gasteiger charge is 2.59. The molecule has 3 aromatic heterocycles. The summed E-state index contributed by atoms with van der Waals surface area (Å²) in [5, 5.41) is 12.1. The summed E-state index contributed by atoms with van der Waals surface area (Å²) in [5.41, 5.74) is 0.352. The van der Waals surface area contributed by atoms with Gasteiger partial charge in [-0.05, 0) is 30.3 Å². The van der Waals surface area contributed by atoms with Crippen LogP contribution in [0.1, 0.15) is 19.9 Å². The van der Waals surface area contributed by atoms with Gasteiger partial charge in [0.2, 0.25) is 11.9 Å². The first-order chi connectivity index (χ1) is 14.9. The van der Waals surface area contributed by atoms with Crippen LogP contribution in [0.4, 0.5) is 16.3 Å². The molecule has 3 aromatic rings. The van der Waals surface area contributed by atoms with Crippen molar-refractivity contribution in [1.82, 2.24) is 34.7 Å². The van der Waals surface area contributed by atoms with Crippen LogP contribution in [0.5, 0.6) is 0 Å². The molecule has 1 aliphatic heterocycles. The van der Waals surface area contributed by atoms with E-state index in [4.69, 9.17) is 0 Å². The largest absolute Gasteiger partial charge is 0.342 e. The Morgan fingerprint density at radius 2 is 2.00 bits per heavy atom. The highest BCUT2D eigenvalue weighted by Crippen LogP contribution is 2.50. The molecule has 1 aliphatic carbocycles. The van der Waals surface area contributed by atoms with E-state index in [0.717, 1.165) is 25.2 Å². The number of fused-ring (bicyclic) bond motifs is 1. The predicted octanol–water partition coefficient (Wildman–Crippen LogP) is 1.12. The summed E-state index contributed by atoms with van der Waals surface area (Å²) in [6.07, 6.45) is 2.62. The van der Waals surface area contributed by atoms with Gasteiger partial charge in [-0.2, -0.15) is 0 Å². The number of halogens is 1. The van der Waals surface area contributed by atoms with Crippen LogP contribution in [0.3, 0.4) is 0 Å². The molecule has 0 spiro atoms. The predicted molar refractivity (Wildman–Crippen MR) is 112 cm³/mol. The highest BCUT2D eigenvalue weighted by molar-refractivity contribution is 5.60. The van der Waals surface area contributed by atoms with Gasteiger partial charge in [0.25, 0.3) is 5.56 Å². The average molecular weight is 425 g/mol. The fraction of sp³-hybridized carbons (Fsp3) is 0.500. The number of rotatable bonds is 5. The Kier molecular flexibility index (Phi) is 4.49. The van der Waals surface area contributed by atoms with Crippen LogP contribution in [0.2, 0.25) is 0 Å². The molecule has 3 atom stereocenters. The SMILES string of the molecule is CC(C)n1nnnc1N1C[C@@H]2[C@H](C1)[C@H]2N(C)c1nc(-c2ccncc2F)cc(=O)n1C. The summed E-state index contributed by atoms with van der Waals surface area (Å²) in [4.78, 5) is 25.2. The average Bonchev–Trinajstić information content (AvgIpc) is 3.11. The molecule has 0 bridgehead atoms. The Morgan fingerprint density at radius 1 is 1.26 bits per heavy atom. The van der Waals surface area contributed by atoms with E-state index in [1.807, 2.05) is 16.6 Å². The van der Waals surface area contributed by atoms with Crippen molar-refractivity contribution in [3.63, 3.8) is 0 Å². The van der Waals surface area contributed by atoms with Gasteiger partial charge in [0.15, 0.2) is 5.82 Å². The van der Waals surface area contributed by atoms with Crippen molar-refractivity contribution >= 4 is 11.9 Å². The molecule has 10 nitrogen and oxygen atoms in total. The summed E-state index contributed by atoms with van der Waals surface area (Å²) in [5.74, 6) is 1.68. The molecular weight excluding hydrogens is 401 g/mol. The minimum absolute atomic E-state index is 0.190. The molecule has 31 heavy (non-hydrogen) atoms. The Bertz CT molecular complexity index is 1180. The van der Waals surface area contributed by atoms with Crippen LogP contribution >= 0.6 is 0 Å². The normalized spacial score (nSPS) is 22.1. The molecule has 2 aliphatic rings. The molecule has 0 unspecified atom stereocenters. The van der Waals surface area contributed by atoms with Gasteiger partial charge in [0, 0.05) is 62.9 Å².